The quantitative estimate of drug-likeness (QED) is 0.0380. The Morgan fingerprint density at radius 1 is 0.731 bits per heavy atom. The lowest BCUT2D eigenvalue weighted by Crippen LogP contribution is -3.00. The SMILES string of the molecule is CCOc1cc(C(O)P(=O)(O)CC[C@H]([NH3+])C(=O)O)cc([N+](=O)[O-])c1O.CCOc1cc(C(O)P(=O)(O)CC[C@H]([NH3+])C(=O)O)cc([N+](=O)[O-])c1O.[Cl-].[Cl-]. The summed E-state index contributed by atoms with van der Waals surface area (Å²) in [6.45, 7) is 3.24. The minimum atomic E-state index is -4.31. The minimum Gasteiger partial charge on any atom is -1.00 e. The molecule has 26 heteroatoms. The molecule has 0 amide bonds. The number of rotatable bonds is 18. The Balaban J connectivity index is 0. The number of carboxylic acid groups (broad SMARTS) is 2. The zero-order chi connectivity index (χ0) is 38.7. The van der Waals surface area contributed by atoms with Gasteiger partial charge in [-0.15, -0.1) is 0 Å². The van der Waals surface area contributed by atoms with Crippen LogP contribution in [-0.2, 0) is 18.7 Å². The van der Waals surface area contributed by atoms with Crippen LogP contribution in [0.1, 0.15) is 49.5 Å². The first-order chi connectivity index (χ1) is 23.0. The summed E-state index contributed by atoms with van der Waals surface area (Å²) < 4.78 is 34.6. The van der Waals surface area contributed by atoms with Gasteiger partial charge in [-0.2, -0.15) is 0 Å². The zero-order valence-corrected chi connectivity index (χ0v) is 30.8. The number of phenols is 2. The van der Waals surface area contributed by atoms with Crippen molar-refractivity contribution in [1.29, 1.82) is 0 Å². The summed E-state index contributed by atoms with van der Waals surface area (Å²) in [6.07, 6.45) is -1.63. The molecule has 0 aromatic heterocycles. The van der Waals surface area contributed by atoms with Crippen LogP contribution in [0.5, 0.6) is 23.0 Å². The van der Waals surface area contributed by atoms with Crippen LogP contribution in [0.15, 0.2) is 24.3 Å². The fraction of sp³-hybridized carbons (Fsp3) is 0.462. The number of nitro groups is 2. The van der Waals surface area contributed by atoms with E-state index in [1.807, 2.05) is 0 Å². The number of aliphatic hydroxyl groups is 2. The maximum atomic E-state index is 12.3. The first kappa shape index (κ1) is 50.3. The normalized spacial score (nSPS) is 15.2. The van der Waals surface area contributed by atoms with E-state index >= 15 is 0 Å². The van der Waals surface area contributed by atoms with Crippen molar-refractivity contribution in [3.63, 3.8) is 0 Å². The molecule has 0 spiro atoms. The lowest BCUT2D eigenvalue weighted by atomic mass is 10.1. The topological polar surface area (TPSA) is 390 Å². The maximum Gasteiger partial charge on any atom is 0.362 e. The fourth-order valence-corrected chi connectivity index (χ4v) is 7.06. The van der Waals surface area contributed by atoms with Crippen molar-refractivity contribution in [3.8, 4) is 23.0 Å². The van der Waals surface area contributed by atoms with Crippen molar-refractivity contribution in [2.45, 2.75) is 50.5 Å². The summed E-state index contributed by atoms with van der Waals surface area (Å²) in [5.41, 5.74) is 4.43. The molecular weight excluding hydrogens is 789 g/mol. The monoisotopic (exact) mass is 828 g/mol. The molecule has 6 atom stereocenters. The molecule has 0 aliphatic carbocycles. The average molecular weight is 829 g/mol. The molecule has 2 aromatic carbocycles. The van der Waals surface area contributed by atoms with Gasteiger partial charge in [-0.05, 0) is 26.0 Å². The van der Waals surface area contributed by atoms with Crippen LogP contribution in [0.2, 0.25) is 0 Å². The Labute approximate surface area is 307 Å². The molecule has 14 N–H and O–H groups in total. The number of nitro benzene ring substituents is 2. The van der Waals surface area contributed by atoms with Gasteiger partial charge in [-0.3, -0.25) is 29.4 Å². The first-order valence-electron chi connectivity index (χ1n) is 14.4. The molecule has 0 bridgehead atoms. The van der Waals surface area contributed by atoms with E-state index in [-0.39, 0.29) is 73.5 Å². The van der Waals surface area contributed by atoms with Gasteiger partial charge in [-0.1, -0.05) is 0 Å². The molecular formula is C26H40Cl2N4O18P2. The van der Waals surface area contributed by atoms with Crippen LogP contribution in [0, 0.1) is 20.2 Å². The number of hydrogen-bond acceptors (Lipinski definition) is 14. The third kappa shape index (κ3) is 14.0. The van der Waals surface area contributed by atoms with Crippen LogP contribution >= 0.6 is 14.7 Å². The Kier molecular flexibility index (Phi) is 20.9. The molecule has 2 aromatic rings. The average Bonchev–Trinajstić information content (AvgIpc) is 3.03. The van der Waals surface area contributed by atoms with Crippen molar-refractivity contribution >= 4 is 38.1 Å². The molecule has 0 saturated carbocycles. The van der Waals surface area contributed by atoms with E-state index in [2.05, 4.69) is 11.5 Å². The van der Waals surface area contributed by atoms with Gasteiger partial charge in [0.1, 0.15) is 0 Å². The van der Waals surface area contributed by atoms with Gasteiger partial charge < -0.3 is 86.2 Å². The van der Waals surface area contributed by atoms with Crippen LogP contribution in [-0.4, -0.2) is 99.8 Å². The standard InChI is InChI=1S/2C13H19N2O9P.2ClH/c2*1-2-24-10-6-7(5-9(11(10)16)15(20)21)13(19)25(22,23)4-3-8(14)12(17)18;;/h2*5-6,8,13,16,19H,2-4,14H2,1H3,(H,17,18)(H,22,23);2*1H/t2*8-,13?;;/m00../s1. The molecule has 0 heterocycles. The minimum absolute atomic E-state index is 0. The van der Waals surface area contributed by atoms with Crippen LogP contribution in [0.4, 0.5) is 11.4 Å². The van der Waals surface area contributed by atoms with E-state index in [0.717, 1.165) is 24.3 Å². The van der Waals surface area contributed by atoms with E-state index < -0.39 is 95.5 Å². The lowest BCUT2D eigenvalue weighted by Gasteiger charge is -2.19. The van der Waals surface area contributed by atoms with Gasteiger partial charge in [0.25, 0.3) is 0 Å². The van der Waals surface area contributed by atoms with E-state index in [0.29, 0.717) is 0 Å². The van der Waals surface area contributed by atoms with Crippen LogP contribution in [0.3, 0.4) is 0 Å². The van der Waals surface area contributed by atoms with Crippen molar-refractivity contribution in [2.24, 2.45) is 0 Å². The third-order valence-corrected chi connectivity index (χ3v) is 10.7. The Hall–Kier alpha value is -3.82. The zero-order valence-electron chi connectivity index (χ0n) is 27.5. The van der Waals surface area contributed by atoms with Gasteiger partial charge in [0.05, 0.1) is 23.1 Å². The fourth-order valence-electron chi connectivity index (χ4n) is 3.97. The van der Waals surface area contributed by atoms with Gasteiger partial charge in [-0.25, -0.2) is 9.59 Å². The highest BCUT2D eigenvalue weighted by molar-refractivity contribution is 7.58. The second kappa shape index (κ2) is 21.6. The van der Waals surface area contributed by atoms with Crippen molar-refractivity contribution in [3.05, 3.63) is 55.6 Å². The second-order valence-corrected chi connectivity index (χ2v) is 15.4. The molecule has 0 fully saturated rings. The Bertz CT molecular complexity index is 1550. The van der Waals surface area contributed by atoms with E-state index in [4.69, 9.17) is 19.7 Å². The second-order valence-electron chi connectivity index (χ2n) is 10.5. The number of carboxylic acids is 2. The van der Waals surface area contributed by atoms with Crippen molar-refractivity contribution < 1.29 is 115 Å². The number of carbonyl (C=O) groups is 2. The van der Waals surface area contributed by atoms with Crippen LogP contribution < -0.4 is 45.8 Å². The van der Waals surface area contributed by atoms with Gasteiger partial charge in [0, 0.05) is 48.4 Å². The molecule has 2 rings (SSSR count). The molecule has 22 nitrogen and oxygen atoms in total. The summed E-state index contributed by atoms with van der Waals surface area (Å²) in [7, 11) is -8.62. The highest BCUT2D eigenvalue weighted by Crippen LogP contribution is 2.57. The van der Waals surface area contributed by atoms with Crippen molar-refractivity contribution in [1.82, 2.24) is 0 Å². The highest BCUT2D eigenvalue weighted by atomic mass is 35.5. The number of aliphatic carboxylic acids is 2. The molecule has 0 radical (unpaired) electrons. The number of aromatic hydroxyl groups is 2. The molecule has 52 heavy (non-hydrogen) atoms. The largest absolute Gasteiger partial charge is 1.00 e. The number of aliphatic hydroxyl groups excluding tert-OH is 2. The van der Waals surface area contributed by atoms with Crippen molar-refractivity contribution in [2.75, 3.05) is 25.5 Å². The van der Waals surface area contributed by atoms with E-state index in [1.165, 1.54) is 0 Å². The number of ether oxygens (including phenoxy) is 2. The highest BCUT2D eigenvalue weighted by Gasteiger charge is 2.36. The van der Waals surface area contributed by atoms with Gasteiger partial charge in [0.2, 0.25) is 26.2 Å². The molecule has 4 unspecified atom stereocenters. The predicted octanol–water partition coefficient (Wildman–Crippen LogP) is -5.90. The summed E-state index contributed by atoms with van der Waals surface area (Å²) in [5, 5.41) is 79.3. The summed E-state index contributed by atoms with van der Waals surface area (Å²) in [6, 6.07) is 1.31. The van der Waals surface area contributed by atoms with Gasteiger partial charge >= 0.3 is 23.3 Å². The smallest absolute Gasteiger partial charge is 0.362 e. The number of nitrogens with zero attached hydrogens (tertiary/aromatic N) is 2. The molecule has 296 valence electrons. The summed E-state index contributed by atoms with van der Waals surface area (Å²) in [5.74, 6) is -8.68. The predicted molar refractivity (Wildman–Crippen MR) is 169 cm³/mol. The number of quaternary nitrogens is 2. The first-order valence-corrected chi connectivity index (χ1v) is 18.2. The Morgan fingerprint density at radius 2 is 1.02 bits per heavy atom. The van der Waals surface area contributed by atoms with E-state index in [1.54, 1.807) is 13.8 Å². The lowest BCUT2D eigenvalue weighted by molar-refractivity contribution is -0.408. The summed E-state index contributed by atoms with van der Waals surface area (Å²) in [4.78, 5) is 61.6. The molecule has 0 aliphatic heterocycles. The third-order valence-electron chi connectivity index (χ3n) is 6.80. The van der Waals surface area contributed by atoms with E-state index in [9.17, 15) is 69.2 Å². The number of benzene rings is 2. The number of hydrogen-bond donors (Lipinski definition) is 10. The molecule has 0 saturated heterocycles. The maximum absolute atomic E-state index is 12.3. The Morgan fingerprint density at radius 3 is 1.25 bits per heavy atom. The number of halogens is 2. The van der Waals surface area contributed by atoms with Crippen LogP contribution in [0.25, 0.3) is 0 Å². The number of phenolic OH excluding ortho intramolecular Hbond substituents is 2. The summed E-state index contributed by atoms with van der Waals surface area (Å²) >= 11 is 0. The molecule has 0 aliphatic rings. The van der Waals surface area contributed by atoms with Gasteiger partial charge in [0.15, 0.2) is 35.3 Å².